The van der Waals surface area contributed by atoms with Gasteiger partial charge in [-0.15, -0.1) is 0 Å². The van der Waals surface area contributed by atoms with Gasteiger partial charge in [-0.25, -0.2) is 0 Å². The van der Waals surface area contributed by atoms with Crippen molar-refractivity contribution >= 4 is 7.25 Å². The topological polar surface area (TPSA) is 0 Å². The van der Waals surface area contributed by atoms with Crippen LogP contribution in [-0.4, -0.2) is 38.9 Å². The molecule has 0 bridgehead atoms. The molecule has 1 nitrogen and oxygen atoms in total. The smallest absolute Gasteiger partial charge is 0.418 e. The molecule has 0 aromatic carbocycles. The maximum absolute atomic E-state index is 9.75. The van der Waals surface area contributed by atoms with Gasteiger partial charge in [0.25, 0.3) is 0 Å². The summed E-state index contributed by atoms with van der Waals surface area (Å²) in [5.41, 5.74) is 0. The second-order valence-electron chi connectivity index (χ2n) is 14.5. The Hall–Kier alpha value is -0.255. The molecule has 6 heteroatoms. The van der Waals surface area contributed by atoms with Crippen molar-refractivity contribution in [1.29, 1.82) is 0 Å². The maximum atomic E-state index is 9.75. The van der Waals surface area contributed by atoms with Crippen LogP contribution < -0.4 is 0 Å². The van der Waals surface area contributed by atoms with Crippen LogP contribution in [0.4, 0.5) is 17.3 Å². The molecule has 0 aliphatic heterocycles. The van der Waals surface area contributed by atoms with Crippen LogP contribution in [0.5, 0.6) is 0 Å². The van der Waals surface area contributed by atoms with Crippen LogP contribution in [0.3, 0.4) is 0 Å². The van der Waals surface area contributed by atoms with Crippen molar-refractivity contribution in [3.05, 3.63) is 0 Å². The van der Waals surface area contributed by atoms with Crippen molar-refractivity contribution in [2.45, 2.75) is 219 Å². The Morgan fingerprint density at radius 1 is 0.295 bits per heavy atom. The highest BCUT2D eigenvalue weighted by molar-refractivity contribution is 6.50. The fraction of sp³-hybridized carbons (Fsp3) is 1.00. The third kappa shape index (κ3) is 48.6. The van der Waals surface area contributed by atoms with Crippen molar-refractivity contribution in [3.8, 4) is 0 Å². The van der Waals surface area contributed by atoms with E-state index < -0.39 is 7.25 Å². The number of halogens is 4. The Kier molecular flexibility index (Phi) is 37.1. The molecule has 0 spiro atoms. The third-order valence-corrected chi connectivity index (χ3v) is 9.23. The standard InChI is InChI=1S/C38H80N.BF4/c1-5-7-9-11-13-15-17-19-21-23-25-27-29-31-33-35-37-39(3,4)38-36-34-32-30-28-26-24-22-20-18-16-14-12-10-8-6-2;2-1(3,4)5/h5-38H2,1-4H3;/q+1;-1. The van der Waals surface area contributed by atoms with Crippen LogP contribution in [0.2, 0.25) is 0 Å². The predicted octanol–water partition coefficient (Wildman–Crippen LogP) is 14.9. The zero-order chi connectivity index (χ0) is 33.0. The average molecular weight is 638 g/mol. The lowest BCUT2D eigenvalue weighted by Gasteiger charge is -2.30. The predicted molar refractivity (Wildman–Crippen MR) is 191 cm³/mol. The second-order valence-corrected chi connectivity index (χ2v) is 14.5. The van der Waals surface area contributed by atoms with Gasteiger partial charge in [-0.05, 0) is 25.7 Å². The minimum atomic E-state index is -6.00. The van der Waals surface area contributed by atoms with E-state index in [9.17, 15) is 17.3 Å². The molecule has 0 atom stereocenters. The Morgan fingerprint density at radius 2 is 0.432 bits per heavy atom. The van der Waals surface area contributed by atoms with Crippen LogP contribution >= 0.6 is 0 Å². The zero-order valence-electron chi connectivity index (χ0n) is 30.6. The normalized spacial score (nSPS) is 12.0. The number of rotatable bonds is 34. The number of hydrogen-bond acceptors (Lipinski definition) is 0. The van der Waals surface area contributed by atoms with Gasteiger partial charge in [0, 0.05) is 0 Å². The van der Waals surface area contributed by atoms with E-state index in [1.807, 2.05) is 0 Å². The summed E-state index contributed by atoms with van der Waals surface area (Å²) in [5, 5.41) is 0. The monoisotopic (exact) mass is 638 g/mol. The van der Waals surface area contributed by atoms with Gasteiger partial charge in [-0.2, -0.15) is 0 Å². The lowest BCUT2D eigenvalue weighted by molar-refractivity contribution is -0.890. The molecule has 0 aromatic heterocycles. The van der Waals surface area contributed by atoms with E-state index in [-0.39, 0.29) is 0 Å². The third-order valence-electron chi connectivity index (χ3n) is 9.23. The quantitative estimate of drug-likeness (QED) is 0.0285. The molecule has 0 amide bonds. The molecule has 0 aromatic rings. The van der Waals surface area contributed by atoms with Gasteiger partial charge in [0.15, 0.2) is 0 Å². The molecule has 0 heterocycles. The maximum Gasteiger partial charge on any atom is 0.673 e. The average Bonchev–Trinajstić information content (AvgIpc) is 2.96. The molecule has 0 fully saturated rings. The minimum absolute atomic E-state index is 1.25. The first kappa shape index (κ1) is 45.9. The molecule has 0 unspecified atom stereocenters. The number of unbranched alkanes of at least 4 members (excludes halogenated alkanes) is 30. The first-order valence-electron chi connectivity index (χ1n) is 19.8. The van der Waals surface area contributed by atoms with Crippen LogP contribution in [0.15, 0.2) is 0 Å². The van der Waals surface area contributed by atoms with Crippen molar-refractivity contribution in [2.24, 2.45) is 0 Å². The van der Waals surface area contributed by atoms with Crippen LogP contribution in [0.1, 0.15) is 219 Å². The highest BCUT2D eigenvalue weighted by Gasteiger charge is 2.20. The largest absolute Gasteiger partial charge is 0.673 e. The Bertz CT molecular complexity index is 483. The number of nitrogens with zero attached hydrogens (tertiary/aromatic N) is 1. The molecule has 0 radical (unpaired) electrons. The van der Waals surface area contributed by atoms with Crippen LogP contribution in [-0.2, 0) is 0 Å². The highest BCUT2D eigenvalue weighted by Crippen LogP contribution is 2.16. The lowest BCUT2D eigenvalue weighted by Crippen LogP contribution is -2.41. The van der Waals surface area contributed by atoms with Gasteiger partial charge >= 0.3 is 7.25 Å². The van der Waals surface area contributed by atoms with E-state index in [0.29, 0.717) is 0 Å². The summed E-state index contributed by atoms with van der Waals surface area (Å²) in [6.45, 7) is 7.39. The second kappa shape index (κ2) is 35.6. The van der Waals surface area contributed by atoms with Crippen LogP contribution in [0.25, 0.3) is 0 Å². The molecule has 0 aliphatic rings. The number of quaternary nitrogens is 1. The lowest BCUT2D eigenvalue weighted by atomic mass is 10.0. The van der Waals surface area contributed by atoms with Crippen LogP contribution in [0, 0.1) is 0 Å². The van der Waals surface area contributed by atoms with Gasteiger partial charge < -0.3 is 21.7 Å². The first-order chi connectivity index (χ1) is 21.1. The summed E-state index contributed by atoms with van der Waals surface area (Å²) in [6.07, 6.45) is 46.9. The van der Waals surface area contributed by atoms with Gasteiger partial charge in [0.2, 0.25) is 0 Å². The van der Waals surface area contributed by atoms with Gasteiger partial charge in [0.1, 0.15) is 0 Å². The van der Waals surface area contributed by atoms with Gasteiger partial charge in [-0.1, -0.05) is 194 Å². The Morgan fingerprint density at radius 3 is 0.591 bits per heavy atom. The highest BCUT2D eigenvalue weighted by atomic mass is 19.5. The Balaban J connectivity index is 0. The van der Waals surface area contributed by atoms with E-state index in [1.54, 1.807) is 0 Å². The van der Waals surface area contributed by atoms with Crippen molar-refractivity contribution in [2.75, 3.05) is 27.2 Å². The van der Waals surface area contributed by atoms with Crippen molar-refractivity contribution in [1.82, 2.24) is 0 Å². The van der Waals surface area contributed by atoms with E-state index in [1.165, 1.54) is 223 Å². The van der Waals surface area contributed by atoms with Crippen molar-refractivity contribution < 1.29 is 21.7 Å². The van der Waals surface area contributed by atoms with Gasteiger partial charge in [-0.3, -0.25) is 0 Å². The van der Waals surface area contributed by atoms with Crippen molar-refractivity contribution in [3.63, 3.8) is 0 Å². The van der Waals surface area contributed by atoms with Gasteiger partial charge in [0.05, 0.1) is 27.2 Å². The van der Waals surface area contributed by atoms with E-state index in [2.05, 4.69) is 27.9 Å². The summed E-state index contributed by atoms with van der Waals surface area (Å²) >= 11 is 0. The van der Waals surface area contributed by atoms with E-state index >= 15 is 0 Å². The molecule has 0 saturated heterocycles. The molecule has 44 heavy (non-hydrogen) atoms. The molecule has 0 N–H and O–H groups in total. The summed E-state index contributed by atoms with van der Waals surface area (Å²) < 4.78 is 40.2. The molecule has 0 aliphatic carbocycles. The fourth-order valence-electron chi connectivity index (χ4n) is 6.29. The molecular weight excluding hydrogens is 557 g/mol. The SMILES string of the molecule is CCCCCCCCCCCCCCCCCC[N+](C)(C)CCCCCCCCCCCCCCCCCC.F[B-](F)(F)F. The Labute approximate surface area is 275 Å². The number of hydrogen-bond donors (Lipinski definition) is 0. The molecule has 0 saturated carbocycles. The summed E-state index contributed by atoms with van der Waals surface area (Å²) in [6, 6.07) is 0. The molecule has 268 valence electrons. The summed E-state index contributed by atoms with van der Waals surface area (Å²) in [4.78, 5) is 0. The fourth-order valence-corrected chi connectivity index (χ4v) is 6.29. The first-order valence-corrected chi connectivity index (χ1v) is 19.8. The summed E-state index contributed by atoms with van der Waals surface area (Å²) in [7, 11) is -1.06. The zero-order valence-corrected chi connectivity index (χ0v) is 30.6. The summed E-state index contributed by atoms with van der Waals surface area (Å²) in [5.74, 6) is 0. The van der Waals surface area contributed by atoms with E-state index in [0.717, 1.165) is 0 Å². The molecule has 0 rings (SSSR count). The minimum Gasteiger partial charge on any atom is -0.418 e. The van der Waals surface area contributed by atoms with E-state index in [4.69, 9.17) is 0 Å². The molecular formula is C38H80BF4N.